The van der Waals surface area contributed by atoms with Gasteiger partial charge in [0, 0.05) is 33.2 Å². The van der Waals surface area contributed by atoms with Crippen LogP contribution in [0.3, 0.4) is 0 Å². The molecule has 0 aliphatic carbocycles. The fraction of sp³-hybridized carbons (Fsp3) is 0. The molecule has 0 unspecified atom stereocenters. The third-order valence-corrected chi connectivity index (χ3v) is 7.79. The summed E-state index contributed by atoms with van der Waals surface area (Å²) in [5.74, 6) is 1.59. The molecule has 0 aliphatic rings. The van der Waals surface area contributed by atoms with Gasteiger partial charge in [-0.05, 0) is 34.9 Å². The summed E-state index contributed by atoms with van der Waals surface area (Å²) < 4.78 is 8.42. The Hall–Kier alpha value is -5.74. The molecule has 0 amide bonds. The average Bonchev–Trinajstić information content (AvgIpc) is 3.68. The molecule has 6 aromatic carbocycles. The van der Waals surface area contributed by atoms with Crippen molar-refractivity contribution in [1.29, 1.82) is 0 Å². The maximum atomic E-state index is 6.29. The number of rotatable bonds is 5. The molecule has 0 atom stereocenters. The highest BCUT2D eigenvalue weighted by Crippen LogP contribution is 2.37. The largest absolute Gasteiger partial charge is 0.455 e. The Morgan fingerprint density at radius 2 is 0.929 bits per heavy atom. The summed E-state index contributed by atoms with van der Waals surface area (Å²) in [4.78, 5) is 0. The van der Waals surface area contributed by atoms with Crippen LogP contribution in [0.2, 0.25) is 0 Å². The average molecular weight is 540 g/mol. The summed E-state index contributed by atoms with van der Waals surface area (Å²) in [7, 11) is 0. The molecule has 0 aliphatic heterocycles. The van der Waals surface area contributed by atoms with Crippen molar-refractivity contribution in [2.45, 2.75) is 0 Å². The van der Waals surface area contributed by atoms with E-state index in [0.29, 0.717) is 0 Å². The first-order chi connectivity index (χ1) is 20.8. The highest BCUT2D eigenvalue weighted by Gasteiger charge is 2.18. The SMILES string of the molecule is c1ccc(-c2ccc(-c3nnc(-c4ccc(-c5cccc6c5oc5ccccc56)cc4)n3-c3ccccc3)cc2)cc1. The molecule has 0 fully saturated rings. The summed E-state index contributed by atoms with van der Waals surface area (Å²) in [5, 5.41) is 11.6. The minimum atomic E-state index is 0.789. The molecule has 42 heavy (non-hydrogen) atoms. The third-order valence-electron chi connectivity index (χ3n) is 7.79. The maximum absolute atomic E-state index is 6.29. The Morgan fingerprint density at radius 3 is 1.62 bits per heavy atom. The lowest BCUT2D eigenvalue weighted by Crippen LogP contribution is -2.00. The van der Waals surface area contributed by atoms with Crippen LogP contribution in [0.25, 0.3) is 72.7 Å². The van der Waals surface area contributed by atoms with Crippen LogP contribution in [0.5, 0.6) is 0 Å². The maximum Gasteiger partial charge on any atom is 0.168 e. The van der Waals surface area contributed by atoms with Crippen molar-refractivity contribution in [3.63, 3.8) is 0 Å². The van der Waals surface area contributed by atoms with Gasteiger partial charge in [-0.15, -0.1) is 10.2 Å². The topological polar surface area (TPSA) is 43.9 Å². The van der Waals surface area contributed by atoms with Gasteiger partial charge < -0.3 is 4.42 Å². The van der Waals surface area contributed by atoms with E-state index in [0.717, 1.165) is 61.5 Å². The summed E-state index contributed by atoms with van der Waals surface area (Å²) in [6, 6.07) is 52.2. The molecule has 0 N–H and O–H groups in total. The molecule has 0 saturated heterocycles. The second kappa shape index (κ2) is 10.0. The van der Waals surface area contributed by atoms with E-state index in [9.17, 15) is 0 Å². The lowest BCUT2D eigenvalue weighted by Gasteiger charge is -2.12. The molecule has 8 aromatic rings. The molecule has 2 heterocycles. The number of hydrogen-bond acceptors (Lipinski definition) is 3. The molecule has 0 radical (unpaired) electrons. The van der Waals surface area contributed by atoms with Crippen molar-refractivity contribution in [2.75, 3.05) is 0 Å². The van der Waals surface area contributed by atoms with Gasteiger partial charge >= 0.3 is 0 Å². The number of benzene rings is 6. The van der Waals surface area contributed by atoms with Crippen LogP contribution in [0.1, 0.15) is 0 Å². The van der Waals surface area contributed by atoms with Gasteiger partial charge in [0.1, 0.15) is 11.2 Å². The van der Waals surface area contributed by atoms with Crippen molar-refractivity contribution in [2.24, 2.45) is 0 Å². The van der Waals surface area contributed by atoms with E-state index in [1.165, 1.54) is 11.1 Å². The monoisotopic (exact) mass is 539 g/mol. The molecule has 4 heteroatoms. The molecular formula is C38H25N3O. The fourth-order valence-corrected chi connectivity index (χ4v) is 5.70. The van der Waals surface area contributed by atoms with Gasteiger partial charge in [0.25, 0.3) is 0 Å². The summed E-state index contributed by atoms with van der Waals surface area (Å²) >= 11 is 0. The molecule has 0 saturated carbocycles. The lowest BCUT2D eigenvalue weighted by atomic mass is 10.0. The van der Waals surface area contributed by atoms with Crippen LogP contribution in [0.15, 0.2) is 156 Å². The van der Waals surface area contributed by atoms with Crippen molar-refractivity contribution in [3.05, 3.63) is 152 Å². The molecule has 198 valence electrons. The highest BCUT2D eigenvalue weighted by molar-refractivity contribution is 6.09. The van der Waals surface area contributed by atoms with Crippen LogP contribution in [-0.4, -0.2) is 14.8 Å². The Balaban J connectivity index is 1.20. The molecular weight excluding hydrogens is 514 g/mol. The van der Waals surface area contributed by atoms with Gasteiger partial charge in [0.05, 0.1) is 0 Å². The standard InChI is InChI=1S/C38H25N3O/c1-3-10-26(11-4-1)27-18-22-29(23-19-27)37-39-40-38(41(37)31-12-5-2-6-13-31)30-24-20-28(21-25-30)32-15-9-16-34-33-14-7-8-17-35(33)42-36(32)34/h1-25H. The first kappa shape index (κ1) is 24.1. The zero-order valence-electron chi connectivity index (χ0n) is 22.7. The minimum Gasteiger partial charge on any atom is -0.455 e. The smallest absolute Gasteiger partial charge is 0.168 e. The summed E-state index contributed by atoms with van der Waals surface area (Å²) in [6.45, 7) is 0. The Labute approximate surface area is 243 Å². The zero-order valence-corrected chi connectivity index (χ0v) is 22.7. The van der Waals surface area contributed by atoms with E-state index in [4.69, 9.17) is 9.52 Å². The van der Waals surface area contributed by atoms with Crippen LogP contribution >= 0.6 is 0 Å². The number of nitrogens with zero attached hydrogens (tertiary/aromatic N) is 3. The van der Waals surface area contributed by atoms with Crippen molar-refractivity contribution >= 4 is 21.9 Å². The zero-order chi connectivity index (χ0) is 27.9. The number of furan rings is 1. The molecule has 8 rings (SSSR count). The Bertz CT molecular complexity index is 2160. The fourth-order valence-electron chi connectivity index (χ4n) is 5.70. The van der Waals surface area contributed by atoms with E-state index < -0.39 is 0 Å². The van der Waals surface area contributed by atoms with Crippen LogP contribution in [-0.2, 0) is 0 Å². The predicted molar refractivity (Wildman–Crippen MR) is 170 cm³/mol. The Morgan fingerprint density at radius 1 is 0.405 bits per heavy atom. The van der Waals surface area contributed by atoms with Crippen LogP contribution in [0, 0.1) is 0 Å². The lowest BCUT2D eigenvalue weighted by molar-refractivity contribution is 0.670. The highest BCUT2D eigenvalue weighted by atomic mass is 16.3. The molecule has 4 nitrogen and oxygen atoms in total. The predicted octanol–water partition coefficient (Wildman–Crippen LogP) is 9.83. The number of para-hydroxylation sites is 3. The van der Waals surface area contributed by atoms with E-state index in [1.807, 2.05) is 42.5 Å². The minimum absolute atomic E-state index is 0.789. The van der Waals surface area contributed by atoms with E-state index >= 15 is 0 Å². The van der Waals surface area contributed by atoms with Gasteiger partial charge in [-0.25, -0.2) is 0 Å². The quantitative estimate of drug-likeness (QED) is 0.219. The van der Waals surface area contributed by atoms with Gasteiger partial charge in [0.2, 0.25) is 0 Å². The second-order valence-electron chi connectivity index (χ2n) is 10.3. The normalized spacial score (nSPS) is 11.3. The second-order valence-corrected chi connectivity index (χ2v) is 10.3. The number of fused-ring (bicyclic) bond motifs is 3. The van der Waals surface area contributed by atoms with Crippen molar-refractivity contribution < 1.29 is 4.42 Å². The number of hydrogen-bond donors (Lipinski definition) is 0. The van der Waals surface area contributed by atoms with E-state index in [-0.39, 0.29) is 0 Å². The molecule has 0 bridgehead atoms. The molecule has 0 spiro atoms. The van der Waals surface area contributed by atoms with Gasteiger partial charge in [-0.2, -0.15) is 0 Å². The first-order valence-electron chi connectivity index (χ1n) is 14.0. The van der Waals surface area contributed by atoms with Crippen LogP contribution in [0.4, 0.5) is 0 Å². The Kier molecular flexibility index (Phi) is 5.75. The van der Waals surface area contributed by atoms with Crippen LogP contribution < -0.4 is 0 Å². The number of aromatic nitrogens is 3. The third kappa shape index (κ3) is 4.09. The van der Waals surface area contributed by atoms with E-state index in [1.54, 1.807) is 0 Å². The van der Waals surface area contributed by atoms with Gasteiger partial charge in [-0.3, -0.25) is 4.57 Å². The summed E-state index contributed by atoms with van der Waals surface area (Å²) in [5.41, 5.74) is 9.32. The van der Waals surface area contributed by atoms with Gasteiger partial charge in [-0.1, -0.05) is 133 Å². The van der Waals surface area contributed by atoms with E-state index in [2.05, 4.69) is 119 Å². The first-order valence-corrected chi connectivity index (χ1v) is 14.0. The van der Waals surface area contributed by atoms with Crippen molar-refractivity contribution in [3.8, 4) is 50.7 Å². The molecule has 2 aromatic heterocycles. The van der Waals surface area contributed by atoms with Gasteiger partial charge in [0.15, 0.2) is 11.6 Å². The summed E-state index contributed by atoms with van der Waals surface area (Å²) in [6.07, 6.45) is 0. The van der Waals surface area contributed by atoms with Crippen molar-refractivity contribution in [1.82, 2.24) is 14.8 Å².